The zero-order valence-corrected chi connectivity index (χ0v) is 41.1. The minimum atomic E-state index is -1.53. The Balaban J connectivity index is 2.13. The van der Waals surface area contributed by atoms with E-state index in [-0.39, 0.29) is 19.2 Å². The maximum atomic E-state index is 12.8. The van der Waals surface area contributed by atoms with Crippen LogP contribution in [0.5, 0.6) is 0 Å². The van der Waals surface area contributed by atoms with Crippen LogP contribution in [-0.4, -0.2) is 89.6 Å². The molecule has 9 nitrogen and oxygen atoms in total. The molecule has 6 atom stereocenters. The maximum absolute atomic E-state index is 12.8. The first-order valence-electron chi connectivity index (χ1n) is 26.9. The molecule has 0 amide bonds. The number of allylic oxidation sites excluding steroid dienone is 4. The van der Waals surface area contributed by atoms with E-state index in [2.05, 4.69) is 38.2 Å². The Labute approximate surface area is 387 Å². The van der Waals surface area contributed by atoms with Crippen molar-refractivity contribution in [2.45, 2.75) is 288 Å². The van der Waals surface area contributed by atoms with Crippen molar-refractivity contribution in [3.63, 3.8) is 0 Å². The Morgan fingerprint density at radius 2 is 0.921 bits per heavy atom. The third-order valence-electron chi connectivity index (χ3n) is 12.6. The molecule has 1 saturated heterocycles. The fourth-order valence-corrected chi connectivity index (χ4v) is 8.41. The van der Waals surface area contributed by atoms with E-state index in [9.17, 15) is 25.2 Å². The second kappa shape index (κ2) is 45.8. The van der Waals surface area contributed by atoms with Gasteiger partial charge >= 0.3 is 5.97 Å². The lowest BCUT2D eigenvalue weighted by Crippen LogP contribution is -2.59. The van der Waals surface area contributed by atoms with Gasteiger partial charge in [0.1, 0.15) is 30.5 Å². The first-order chi connectivity index (χ1) is 30.9. The normalized spacial score (nSPS) is 19.7. The number of aliphatic hydroxyl groups excluding tert-OH is 4. The van der Waals surface area contributed by atoms with E-state index in [1.165, 1.54) is 193 Å². The highest BCUT2D eigenvalue weighted by Crippen LogP contribution is 2.23. The summed E-state index contributed by atoms with van der Waals surface area (Å²) in [6.45, 7) is 4.59. The summed E-state index contributed by atoms with van der Waals surface area (Å²) in [5.41, 5.74) is 0. The zero-order valence-electron chi connectivity index (χ0n) is 41.1. The lowest BCUT2D eigenvalue weighted by atomic mass is 9.99. The number of carbonyl (C=O) groups is 1. The fraction of sp³-hybridized carbons (Fsp3) is 0.907. The standard InChI is InChI=1S/C54H102O9/c1-3-5-7-9-11-13-15-17-19-20-21-22-23-24-25-26-27-28-29-30-32-34-36-38-40-42-44-60-46-48(47-61-54-53(59)52(58)51(57)49(45-55)63-54)62-50(56)43-41-39-37-35-33-31-18-16-14-12-10-8-6-4-2/h15,17,20-21,48-49,51-55,57-59H,3-14,16,18-19,22-47H2,1-2H3/b17-15-,21-20-. The molecule has 0 spiro atoms. The molecule has 1 fully saturated rings. The third-order valence-corrected chi connectivity index (χ3v) is 12.6. The van der Waals surface area contributed by atoms with E-state index >= 15 is 0 Å². The van der Waals surface area contributed by atoms with Crippen molar-refractivity contribution in [3.8, 4) is 0 Å². The van der Waals surface area contributed by atoms with Crippen LogP contribution in [0.4, 0.5) is 0 Å². The number of carbonyl (C=O) groups excluding carboxylic acids is 1. The second-order valence-electron chi connectivity index (χ2n) is 18.7. The van der Waals surface area contributed by atoms with Gasteiger partial charge in [0.2, 0.25) is 0 Å². The average Bonchev–Trinajstić information content (AvgIpc) is 3.28. The third kappa shape index (κ3) is 36.5. The number of aliphatic hydroxyl groups is 4. The van der Waals surface area contributed by atoms with Gasteiger partial charge in [-0.1, -0.05) is 224 Å². The molecule has 0 bridgehead atoms. The van der Waals surface area contributed by atoms with Gasteiger partial charge in [-0.25, -0.2) is 0 Å². The first kappa shape index (κ1) is 59.7. The van der Waals surface area contributed by atoms with Gasteiger partial charge in [0.05, 0.1) is 19.8 Å². The molecule has 63 heavy (non-hydrogen) atoms. The van der Waals surface area contributed by atoms with Gasteiger partial charge in [-0.05, 0) is 44.9 Å². The number of esters is 1. The van der Waals surface area contributed by atoms with Crippen LogP contribution in [0.15, 0.2) is 24.3 Å². The van der Waals surface area contributed by atoms with Gasteiger partial charge in [-0.15, -0.1) is 0 Å². The molecule has 0 aromatic carbocycles. The van der Waals surface area contributed by atoms with Crippen LogP contribution in [0.1, 0.15) is 251 Å². The lowest BCUT2D eigenvalue weighted by molar-refractivity contribution is -0.305. The highest BCUT2D eigenvalue weighted by atomic mass is 16.7. The van der Waals surface area contributed by atoms with Crippen molar-refractivity contribution >= 4 is 5.97 Å². The maximum Gasteiger partial charge on any atom is 0.306 e. The van der Waals surface area contributed by atoms with Crippen molar-refractivity contribution in [2.75, 3.05) is 26.4 Å². The van der Waals surface area contributed by atoms with Gasteiger partial charge in [0.15, 0.2) is 6.29 Å². The Hall–Kier alpha value is -1.33. The largest absolute Gasteiger partial charge is 0.457 e. The van der Waals surface area contributed by atoms with Crippen molar-refractivity contribution in [1.82, 2.24) is 0 Å². The number of rotatable bonds is 47. The van der Waals surface area contributed by atoms with E-state index in [1.807, 2.05) is 0 Å². The minimum Gasteiger partial charge on any atom is -0.457 e. The molecule has 1 heterocycles. The van der Waals surface area contributed by atoms with Crippen LogP contribution in [0.3, 0.4) is 0 Å². The Morgan fingerprint density at radius 1 is 0.508 bits per heavy atom. The van der Waals surface area contributed by atoms with E-state index in [4.69, 9.17) is 18.9 Å². The molecule has 1 aliphatic heterocycles. The van der Waals surface area contributed by atoms with Gasteiger partial charge in [0.25, 0.3) is 0 Å². The molecule has 6 unspecified atom stereocenters. The van der Waals surface area contributed by atoms with Crippen LogP contribution < -0.4 is 0 Å². The van der Waals surface area contributed by atoms with Gasteiger partial charge < -0.3 is 39.4 Å². The van der Waals surface area contributed by atoms with E-state index < -0.39 is 43.4 Å². The summed E-state index contributed by atoms with van der Waals surface area (Å²) in [4.78, 5) is 12.8. The van der Waals surface area contributed by atoms with Crippen LogP contribution in [0.2, 0.25) is 0 Å². The number of unbranched alkanes of at least 4 members (excludes halogenated alkanes) is 32. The molecule has 0 aromatic heterocycles. The predicted molar refractivity (Wildman–Crippen MR) is 261 cm³/mol. The van der Waals surface area contributed by atoms with E-state index in [1.54, 1.807) is 0 Å². The van der Waals surface area contributed by atoms with Crippen LogP contribution >= 0.6 is 0 Å². The second-order valence-corrected chi connectivity index (χ2v) is 18.7. The van der Waals surface area contributed by atoms with Gasteiger partial charge in [0, 0.05) is 13.0 Å². The summed E-state index contributed by atoms with van der Waals surface area (Å²) >= 11 is 0. The number of ether oxygens (including phenoxy) is 4. The highest BCUT2D eigenvalue weighted by Gasteiger charge is 2.44. The van der Waals surface area contributed by atoms with Crippen molar-refractivity contribution in [3.05, 3.63) is 24.3 Å². The van der Waals surface area contributed by atoms with Crippen LogP contribution in [-0.2, 0) is 23.7 Å². The minimum absolute atomic E-state index is 0.108. The van der Waals surface area contributed by atoms with Crippen molar-refractivity contribution in [2.24, 2.45) is 0 Å². The molecule has 4 N–H and O–H groups in total. The van der Waals surface area contributed by atoms with Crippen LogP contribution in [0, 0.1) is 0 Å². The number of hydrogen-bond acceptors (Lipinski definition) is 9. The van der Waals surface area contributed by atoms with Crippen molar-refractivity contribution in [1.29, 1.82) is 0 Å². The summed E-state index contributed by atoms with van der Waals surface area (Å²) in [7, 11) is 0. The SMILES string of the molecule is CCCCCCC/C=C\C/C=C\CCCCCCCCCCCCCCCCOCC(COC1OC(CO)C(O)C(O)C1O)OC(=O)CCCCCCCCCCCCCCCC. The summed E-state index contributed by atoms with van der Waals surface area (Å²) in [6, 6.07) is 0. The monoisotopic (exact) mass is 895 g/mol. The zero-order chi connectivity index (χ0) is 45.7. The van der Waals surface area contributed by atoms with Gasteiger partial charge in [-0.3, -0.25) is 4.79 Å². The smallest absolute Gasteiger partial charge is 0.306 e. The molecule has 0 aromatic rings. The van der Waals surface area contributed by atoms with Gasteiger partial charge in [-0.2, -0.15) is 0 Å². The average molecular weight is 895 g/mol. The van der Waals surface area contributed by atoms with E-state index in [0.717, 1.165) is 38.5 Å². The molecular formula is C54H102O9. The van der Waals surface area contributed by atoms with Crippen molar-refractivity contribution < 1.29 is 44.2 Å². The summed E-state index contributed by atoms with van der Waals surface area (Å²) in [5.74, 6) is -0.309. The summed E-state index contributed by atoms with van der Waals surface area (Å²) in [5, 5.41) is 40.2. The Kier molecular flexibility index (Phi) is 43.4. The Morgan fingerprint density at radius 3 is 1.37 bits per heavy atom. The van der Waals surface area contributed by atoms with Crippen LogP contribution in [0.25, 0.3) is 0 Å². The number of hydrogen-bond donors (Lipinski definition) is 4. The highest BCUT2D eigenvalue weighted by molar-refractivity contribution is 5.69. The molecule has 372 valence electrons. The topological polar surface area (TPSA) is 135 Å². The molecule has 1 aliphatic rings. The molecule has 1 rings (SSSR count). The molecule has 0 aliphatic carbocycles. The molecular weight excluding hydrogens is 793 g/mol. The Bertz CT molecular complexity index is 1020. The quantitative estimate of drug-likeness (QED) is 0.0267. The summed E-state index contributed by atoms with van der Waals surface area (Å²) < 4.78 is 22.9. The summed E-state index contributed by atoms with van der Waals surface area (Å²) in [6.07, 6.45) is 47.9. The van der Waals surface area contributed by atoms with E-state index in [0.29, 0.717) is 13.0 Å². The first-order valence-corrected chi connectivity index (χ1v) is 26.9. The molecule has 0 radical (unpaired) electrons. The molecule has 9 heteroatoms. The molecule has 0 saturated carbocycles. The lowest BCUT2D eigenvalue weighted by Gasteiger charge is -2.39. The predicted octanol–water partition coefficient (Wildman–Crippen LogP) is 13.3. The fourth-order valence-electron chi connectivity index (χ4n) is 8.41.